The van der Waals surface area contributed by atoms with Crippen molar-refractivity contribution in [2.24, 2.45) is 0 Å². The van der Waals surface area contributed by atoms with E-state index in [0.717, 1.165) is 0 Å². The molecule has 0 radical (unpaired) electrons. The van der Waals surface area contributed by atoms with Gasteiger partial charge >= 0.3 is 0 Å². The Labute approximate surface area is 147 Å². The first-order valence-corrected chi connectivity index (χ1v) is 8.87. The van der Waals surface area contributed by atoms with Gasteiger partial charge in [0.1, 0.15) is 0 Å². The van der Waals surface area contributed by atoms with Gasteiger partial charge in [-0.2, -0.15) is 0 Å². The monoisotopic (exact) mass is 367 g/mol. The van der Waals surface area contributed by atoms with Crippen LogP contribution in [0.2, 0.25) is 5.02 Å². The standard InChI is InChI=1S/C17H18ClNO4S/c1-4-11-19(14-7-5-13(18)6-8-14)24(20,21)15-9-10-16(22-2)17(12-15)23-3/h4-10,12H,1,11H2,2-3H3. The Morgan fingerprint density at radius 1 is 1.08 bits per heavy atom. The summed E-state index contributed by atoms with van der Waals surface area (Å²) in [6, 6.07) is 11.0. The Bertz CT molecular complexity index is 819. The van der Waals surface area contributed by atoms with Gasteiger partial charge in [-0.3, -0.25) is 4.31 Å². The van der Waals surface area contributed by atoms with Crippen LogP contribution in [0.1, 0.15) is 0 Å². The molecule has 2 aromatic carbocycles. The Morgan fingerprint density at radius 2 is 1.71 bits per heavy atom. The van der Waals surface area contributed by atoms with E-state index in [4.69, 9.17) is 21.1 Å². The van der Waals surface area contributed by atoms with Crippen molar-refractivity contribution in [2.75, 3.05) is 25.1 Å². The molecule has 0 amide bonds. The van der Waals surface area contributed by atoms with E-state index >= 15 is 0 Å². The van der Waals surface area contributed by atoms with Gasteiger partial charge in [0, 0.05) is 11.1 Å². The van der Waals surface area contributed by atoms with Crippen LogP contribution in [0.4, 0.5) is 5.69 Å². The number of benzene rings is 2. The zero-order valence-corrected chi connectivity index (χ0v) is 15.0. The number of anilines is 1. The second-order valence-corrected chi connectivity index (χ2v) is 7.12. The fraction of sp³-hybridized carbons (Fsp3) is 0.176. The molecule has 2 aromatic rings. The van der Waals surface area contributed by atoms with Crippen molar-refractivity contribution in [3.05, 3.63) is 60.1 Å². The molecule has 5 nitrogen and oxygen atoms in total. The normalized spacial score (nSPS) is 11.0. The summed E-state index contributed by atoms with van der Waals surface area (Å²) in [6.45, 7) is 3.76. The van der Waals surface area contributed by atoms with E-state index in [1.54, 1.807) is 30.3 Å². The lowest BCUT2D eigenvalue weighted by Crippen LogP contribution is -2.31. The van der Waals surface area contributed by atoms with Crippen molar-refractivity contribution in [3.63, 3.8) is 0 Å². The van der Waals surface area contributed by atoms with Crippen LogP contribution in [0.15, 0.2) is 60.0 Å². The average Bonchev–Trinajstić information content (AvgIpc) is 2.59. The van der Waals surface area contributed by atoms with Crippen molar-refractivity contribution in [1.29, 1.82) is 0 Å². The van der Waals surface area contributed by atoms with Crippen LogP contribution in [0.3, 0.4) is 0 Å². The highest BCUT2D eigenvalue weighted by atomic mass is 35.5. The third-order valence-electron chi connectivity index (χ3n) is 3.35. The SMILES string of the molecule is C=CCN(c1ccc(Cl)cc1)S(=O)(=O)c1ccc(OC)c(OC)c1. The number of nitrogens with zero attached hydrogens (tertiary/aromatic N) is 1. The van der Waals surface area contributed by atoms with Crippen molar-refractivity contribution in [2.45, 2.75) is 4.90 Å². The molecule has 0 N–H and O–H groups in total. The molecular formula is C17H18ClNO4S. The number of ether oxygens (including phenoxy) is 2. The summed E-state index contributed by atoms with van der Waals surface area (Å²) in [4.78, 5) is 0.0944. The van der Waals surface area contributed by atoms with Crippen LogP contribution in [-0.4, -0.2) is 29.2 Å². The van der Waals surface area contributed by atoms with Gasteiger partial charge in [0.25, 0.3) is 10.0 Å². The van der Waals surface area contributed by atoms with Gasteiger partial charge in [-0.1, -0.05) is 17.7 Å². The zero-order chi connectivity index (χ0) is 17.7. The third kappa shape index (κ3) is 3.66. The van der Waals surface area contributed by atoms with Crippen LogP contribution in [0.5, 0.6) is 11.5 Å². The second kappa shape index (κ2) is 7.59. The molecule has 0 bridgehead atoms. The molecule has 0 saturated heterocycles. The maximum absolute atomic E-state index is 13.0. The van der Waals surface area contributed by atoms with E-state index < -0.39 is 10.0 Å². The summed E-state index contributed by atoms with van der Waals surface area (Å²) < 4.78 is 37.6. The molecule has 0 atom stereocenters. The highest BCUT2D eigenvalue weighted by molar-refractivity contribution is 7.92. The van der Waals surface area contributed by atoms with E-state index in [9.17, 15) is 8.42 Å². The number of sulfonamides is 1. The molecule has 0 aliphatic rings. The molecule has 0 aliphatic heterocycles. The van der Waals surface area contributed by atoms with E-state index in [1.807, 2.05) is 0 Å². The van der Waals surface area contributed by atoms with Gasteiger partial charge in [-0.25, -0.2) is 8.42 Å². The highest BCUT2D eigenvalue weighted by Crippen LogP contribution is 2.32. The van der Waals surface area contributed by atoms with Crippen molar-refractivity contribution in [1.82, 2.24) is 0 Å². The summed E-state index contributed by atoms with van der Waals surface area (Å²) in [5, 5.41) is 0.529. The van der Waals surface area contributed by atoms with E-state index in [1.165, 1.54) is 36.7 Å². The Kier molecular flexibility index (Phi) is 5.75. The number of hydrogen-bond donors (Lipinski definition) is 0. The summed E-state index contributed by atoms with van der Waals surface area (Å²) >= 11 is 5.88. The minimum absolute atomic E-state index is 0.0944. The Morgan fingerprint density at radius 3 is 2.25 bits per heavy atom. The number of halogens is 1. The van der Waals surface area contributed by atoms with E-state index in [-0.39, 0.29) is 11.4 Å². The number of rotatable bonds is 7. The third-order valence-corrected chi connectivity index (χ3v) is 5.39. The van der Waals surface area contributed by atoms with Gasteiger partial charge in [-0.05, 0) is 36.4 Å². The molecule has 0 aromatic heterocycles. The zero-order valence-electron chi connectivity index (χ0n) is 13.4. The quantitative estimate of drug-likeness (QED) is 0.699. The van der Waals surface area contributed by atoms with Gasteiger partial charge in [0.15, 0.2) is 11.5 Å². The summed E-state index contributed by atoms with van der Waals surface area (Å²) in [7, 11) is -0.860. The molecule has 2 rings (SSSR count). The van der Waals surface area contributed by atoms with E-state index in [0.29, 0.717) is 22.2 Å². The molecule has 128 valence electrons. The fourth-order valence-corrected chi connectivity index (χ4v) is 3.75. The summed E-state index contributed by atoms with van der Waals surface area (Å²) in [5.41, 5.74) is 0.495. The smallest absolute Gasteiger partial charge is 0.264 e. The van der Waals surface area contributed by atoms with Crippen LogP contribution >= 0.6 is 11.6 Å². The molecular weight excluding hydrogens is 350 g/mol. The van der Waals surface area contributed by atoms with Gasteiger partial charge in [0.05, 0.1) is 31.3 Å². The largest absolute Gasteiger partial charge is 0.493 e. The molecule has 7 heteroatoms. The maximum Gasteiger partial charge on any atom is 0.264 e. The van der Waals surface area contributed by atoms with Gasteiger partial charge in [-0.15, -0.1) is 6.58 Å². The Hall–Kier alpha value is -2.18. The number of hydrogen-bond acceptors (Lipinski definition) is 4. The minimum Gasteiger partial charge on any atom is -0.493 e. The summed E-state index contributed by atoms with van der Waals surface area (Å²) in [5.74, 6) is 0.798. The Balaban J connectivity index is 2.52. The first kappa shape index (κ1) is 18.2. The molecule has 24 heavy (non-hydrogen) atoms. The summed E-state index contributed by atoms with van der Waals surface area (Å²) in [6.07, 6.45) is 1.52. The van der Waals surface area contributed by atoms with E-state index in [2.05, 4.69) is 6.58 Å². The topological polar surface area (TPSA) is 55.8 Å². The first-order valence-electron chi connectivity index (χ1n) is 7.05. The highest BCUT2D eigenvalue weighted by Gasteiger charge is 2.25. The first-order chi connectivity index (χ1) is 11.4. The molecule has 0 fully saturated rings. The average molecular weight is 368 g/mol. The molecule has 0 spiro atoms. The predicted octanol–water partition coefficient (Wildman–Crippen LogP) is 3.74. The van der Waals surface area contributed by atoms with Crippen LogP contribution in [-0.2, 0) is 10.0 Å². The lowest BCUT2D eigenvalue weighted by Gasteiger charge is -2.23. The van der Waals surface area contributed by atoms with Gasteiger partial charge in [0.2, 0.25) is 0 Å². The van der Waals surface area contributed by atoms with Crippen molar-refractivity contribution in [3.8, 4) is 11.5 Å². The lowest BCUT2D eigenvalue weighted by molar-refractivity contribution is 0.354. The number of methoxy groups -OCH3 is 2. The van der Waals surface area contributed by atoms with Crippen molar-refractivity contribution < 1.29 is 17.9 Å². The second-order valence-electron chi connectivity index (χ2n) is 4.82. The van der Waals surface area contributed by atoms with Crippen molar-refractivity contribution >= 4 is 27.3 Å². The minimum atomic E-state index is -3.80. The predicted molar refractivity (Wildman–Crippen MR) is 95.7 cm³/mol. The molecule has 0 aliphatic carbocycles. The molecule has 0 unspecified atom stereocenters. The molecule has 0 heterocycles. The fourth-order valence-electron chi connectivity index (χ4n) is 2.17. The van der Waals surface area contributed by atoms with Crippen LogP contribution < -0.4 is 13.8 Å². The lowest BCUT2D eigenvalue weighted by atomic mass is 10.3. The van der Waals surface area contributed by atoms with Crippen LogP contribution in [0.25, 0.3) is 0 Å². The molecule has 0 saturated carbocycles. The van der Waals surface area contributed by atoms with Gasteiger partial charge < -0.3 is 9.47 Å². The maximum atomic E-state index is 13.0. The van der Waals surface area contributed by atoms with Crippen LogP contribution in [0, 0.1) is 0 Å².